The van der Waals surface area contributed by atoms with Gasteiger partial charge in [-0.15, -0.1) is 0 Å². The van der Waals surface area contributed by atoms with Crippen molar-refractivity contribution in [3.8, 4) is 0 Å². The molecule has 0 saturated heterocycles. The molecule has 84 valence electrons. The van der Waals surface area contributed by atoms with Gasteiger partial charge >= 0.3 is 0 Å². The average molecular weight is 206 g/mol. The van der Waals surface area contributed by atoms with Crippen molar-refractivity contribution in [1.82, 2.24) is 9.80 Å². The fourth-order valence-electron chi connectivity index (χ4n) is 3.40. The van der Waals surface area contributed by atoms with Gasteiger partial charge in [-0.25, -0.2) is 0 Å². The largest absolute Gasteiger partial charge is 0.356 e. The van der Waals surface area contributed by atoms with Crippen molar-refractivity contribution in [2.24, 2.45) is 0 Å². The predicted molar refractivity (Wildman–Crippen MR) is 62.2 cm³/mol. The van der Waals surface area contributed by atoms with Gasteiger partial charge in [0.1, 0.15) is 0 Å². The third-order valence-corrected chi connectivity index (χ3v) is 4.36. The summed E-state index contributed by atoms with van der Waals surface area (Å²) in [6.07, 6.45) is 16.1. The van der Waals surface area contributed by atoms with Crippen molar-refractivity contribution in [1.29, 1.82) is 0 Å². The summed E-state index contributed by atoms with van der Waals surface area (Å²) in [6, 6.07) is 1.71. The summed E-state index contributed by atoms with van der Waals surface area (Å²) in [6.45, 7) is 1.18. The molecular formula is C13H22N2. The molecule has 1 heterocycles. The van der Waals surface area contributed by atoms with E-state index in [9.17, 15) is 0 Å². The van der Waals surface area contributed by atoms with Crippen LogP contribution in [0.5, 0.6) is 0 Å². The molecule has 2 aliphatic carbocycles. The summed E-state index contributed by atoms with van der Waals surface area (Å²) in [5.74, 6) is 0. The fourth-order valence-corrected chi connectivity index (χ4v) is 3.40. The zero-order valence-electron chi connectivity index (χ0n) is 9.57. The number of rotatable bonds is 2. The Bertz CT molecular complexity index is 213. The lowest BCUT2D eigenvalue weighted by atomic mass is 10.2. The van der Waals surface area contributed by atoms with Crippen LogP contribution < -0.4 is 0 Å². The molecule has 3 rings (SSSR count). The van der Waals surface area contributed by atoms with Crippen LogP contribution in [0.15, 0.2) is 12.4 Å². The Labute approximate surface area is 92.9 Å². The van der Waals surface area contributed by atoms with E-state index in [4.69, 9.17) is 0 Å². The van der Waals surface area contributed by atoms with Gasteiger partial charge in [0.25, 0.3) is 0 Å². The zero-order valence-corrected chi connectivity index (χ0v) is 9.57. The summed E-state index contributed by atoms with van der Waals surface area (Å²) in [4.78, 5) is 5.15. The van der Waals surface area contributed by atoms with Crippen molar-refractivity contribution in [2.75, 3.05) is 6.67 Å². The van der Waals surface area contributed by atoms with E-state index >= 15 is 0 Å². The van der Waals surface area contributed by atoms with Crippen LogP contribution in [0, 0.1) is 0 Å². The predicted octanol–water partition coefficient (Wildman–Crippen LogP) is 2.92. The number of nitrogens with zero attached hydrogens (tertiary/aromatic N) is 2. The minimum atomic E-state index is 0.854. The van der Waals surface area contributed by atoms with E-state index < -0.39 is 0 Å². The molecule has 0 aromatic heterocycles. The quantitative estimate of drug-likeness (QED) is 0.685. The van der Waals surface area contributed by atoms with E-state index in [1.165, 1.54) is 58.0 Å². The Balaban J connectivity index is 1.56. The highest BCUT2D eigenvalue weighted by Crippen LogP contribution is 2.30. The van der Waals surface area contributed by atoms with Crippen molar-refractivity contribution in [3.05, 3.63) is 12.4 Å². The molecule has 1 aliphatic heterocycles. The van der Waals surface area contributed by atoms with Crippen LogP contribution in [0.2, 0.25) is 0 Å². The zero-order chi connectivity index (χ0) is 10.1. The number of hydrogen-bond donors (Lipinski definition) is 0. The molecular weight excluding hydrogens is 184 g/mol. The van der Waals surface area contributed by atoms with Crippen LogP contribution in [-0.4, -0.2) is 28.6 Å². The molecule has 0 amide bonds. The lowest BCUT2D eigenvalue weighted by Gasteiger charge is -2.29. The highest BCUT2D eigenvalue weighted by atomic mass is 15.4. The molecule has 0 radical (unpaired) electrons. The molecule has 0 aromatic rings. The minimum absolute atomic E-state index is 0.854. The van der Waals surface area contributed by atoms with Crippen LogP contribution in [-0.2, 0) is 0 Å². The Morgan fingerprint density at radius 3 is 1.47 bits per heavy atom. The van der Waals surface area contributed by atoms with Gasteiger partial charge in [-0.1, -0.05) is 25.7 Å². The Kier molecular flexibility index (Phi) is 2.59. The van der Waals surface area contributed by atoms with Gasteiger partial charge in [0.15, 0.2) is 0 Å². The topological polar surface area (TPSA) is 6.48 Å². The van der Waals surface area contributed by atoms with Crippen LogP contribution in [0.3, 0.4) is 0 Å². The lowest BCUT2D eigenvalue weighted by molar-refractivity contribution is 0.178. The highest BCUT2D eigenvalue weighted by Gasteiger charge is 2.28. The van der Waals surface area contributed by atoms with Crippen LogP contribution >= 0.6 is 0 Å². The fraction of sp³-hybridized carbons (Fsp3) is 0.846. The first-order chi connectivity index (χ1) is 7.43. The lowest BCUT2D eigenvalue weighted by Crippen LogP contribution is -2.36. The second-order valence-electron chi connectivity index (χ2n) is 5.34. The van der Waals surface area contributed by atoms with Crippen molar-refractivity contribution in [3.63, 3.8) is 0 Å². The molecule has 0 aromatic carbocycles. The van der Waals surface area contributed by atoms with Gasteiger partial charge in [0.2, 0.25) is 0 Å². The summed E-state index contributed by atoms with van der Waals surface area (Å²) < 4.78 is 0. The van der Waals surface area contributed by atoms with E-state index in [0.717, 1.165) is 12.1 Å². The van der Waals surface area contributed by atoms with E-state index in [1.807, 2.05) is 0 Å². The second-order valence-corrected chi connectivity index (χ2v) is 5.34. The molecule has 2 nitrogen and oxygen atoms in total. The molecule has 0 bridgehead atoms. The van der Waals surface area contributed by atoms with Crippen molar-refractivity contribution < 1.29 is 0 Å². The first-order valence-corrected chi connectivity index (χ1v) is 6.63. The summed E-state index contributed by atoms with van der Waals surface area (Å²) in [5.41, 5.74) is 0. The maximum atomic E-state index is 2.57. The molecule has 3 aliphatic rings. The van der Waals surface area contributed by atoms with Gasteiger partial charge in [-0.05, 0) is 25.7 Å². The second kappa shape index (κ2) is 4.07. The molecule has 0 N–H and O–H groups in total. The van der Waals surface area contributed by atoms with Gasteiger partial charge in [-0.2, -0.15) is 0 Å². The van der Waals surface area contributed by atoms with Gasteiger partial charge in [0.05, 0.1) is 6.67 Å². The van der Waals surface area contributed by atoms with E-state index in [1.54, 1.807) is 0 Å². The monoisotopic (exact) mass is 206 g/mol. The van der Waals surface area contributed by atoms with Gasteiger partial charge < -0.3 is 9.80 Å². The standard InChI is InChI=1S/C13H22N2/c1-2-6-12(5-1)14-9-10-15(11-14)13-7-3-4-8-13/h9-10,12-13H,1-8,11H2. The van der Waals surface area contributed by atoms with E-state index in [-0.39, 0.29) is 0 Å². The van der Waals surface area contributed by atoms with E-state index in [0.29, 0.717) is 0 Å². The first kappa shape index (κ1) is 9.56. The molecule has 2 fully saturated rings. The SMILES string of the molecule is C1=CN(C2CCCC2)CN1C1CCCC1. The molecule has 2 heteroatoms. The average Bonchev–Trinajstić information content (AvgIpc) is 3.02. The highest BCUT2D eigenvalue weighted by molar-refractivity contribution is 4.98. The summed E-state index contributed by atoms with van der Waals surface area (Å²) in [5, 5.41) is 0. The Hall–Kier alpha value is -0.660. The summed E-state index contributed by atoms with van der Waals surface area (Å²) >= 11 is 0. The molecule has 0 atom stereocenters. The minimum Gasteiger partial charge on any atom is -0.356 e. The van der Waals surface area contributed by atoms with Crippen molar-refractivity contribution >= 4 is 0 Å². The molecule has 0 unspecified atom stereocenters. The van der Waals surface area contributed by atoms with Crippen LogP contribution in [0.1, 0.15) is 51.4 Å². The molecule has 15 heavy (non-hydrogen) atoms. The number of hydrogen-bond acceptors (Lipinski definition) is 2. The van der Waals surface area contributed by atoms with Gasteiger partial charge in [-0.3, -0.25) is 0 Å². The third-order valence-electron chi connectivity index (χ3n) is 4.36. The summed E-state index contributed by atoms with van der Waals surface area (Å²) in [7, 11) is 0. The maximum Gasteiger partial charge on any atom is 0.0899 e. The van der Waals surface area contributed by atoms with E-state index in [2.05, 4.69) is 22.2 Å². The molecule has 2 saturated carbocycles. The molecule has 0 spiro atoms. The van der Waals surface area contributed by atoms with Crippen LogP contribution in [0.25, 0.3) is 0 Å². The Morgan fingerprint density at radius 1 is 0.667 bits per heavy atom. The smallest absolute Gasteiger partial charge is 0.0899 e. The normalized spacial score (nSPS) is 28.5. The Morgan fingerprint density at radius 2 is 1.07 bits per heavy atom. The van der Waals surface area contributed by atoms with Crippen molar-refractivity contribution in [2.45, 2.75) is 63.5 Å². The van der Waals surface area contributed by atoms with Gasteiger partial charge in [0, 0.05) is 24.5 Å². The van der Waals surface area contributed by atoms with Crippen LogP contribution in [0.4, 0.5) is 0 Å². The third kappa shape index (κ3) is 1.86. The maximum absolute atomic E-state index is 2.57. The first-order valence-electron chi connectivity index (χ1n) is 6.63.